The van der Waals surface area contributed by atoms with Gasteiger partial charge in [0.25, 0.3) is 0 Å². The molecule has 3 N–H and O–H groups in total. The molecule has 2 aromatic rings. The first-order valence-electron chi connectivity index (χ1n) is 8.05. The van der Waals surface area contributed by atoms with Crippen molar-refractivity contribution in [1.29, 1.82) is 0 Å². The largest absolute Gasteiger partial charge is 0.493 e. The number of rotatable bonds is 6. The minimum atomic E-state index is -0.683. The Hall–Kier alpha value is -2.56. The fraction of sp³-hybridized carbons (Fsp3) is 0.368. The minimum Gasteiger partial charge on any atom is -0.493 e. The van der Waals surface area contributed by atoms with Gasteiger partial charge in [0.05, 0.1) is 23.9 Å². The monoisotopic (exact) mass is 327 g/mol. The Morgan fingerprint density at radius 1 is 1.21 bits per heavy atom. The summed E-state index contributed by atoms with van der Waals surface area (Å²) in [6, 6.07) is 11.0. The van der Waals surface area contributed by atoms with Gasteiger partial charge in [0.1, 0.15) is 11.6 Å². The maximum Gasteiger partial charge on any atom is 0.234 e. The number of carbonyl (C=O) groups excluding carboxylic acids is 1. The number of aromatic nitrogens is 1. The number of amides is 1. The Morgan fingerprint density at radius 3 is 2.42 bits per heavy atom. The molecule has 1 amide bonds. The summed E-state index contributed by atoms with van der Waals surface area (Å²) >= 11 is 0. The van der Waals surface area contributed by atoms with E-state index in [1.54, 1.807) is 18.3 Å². The Morgan fingerprint density at radius 2 is 1.88 bits per heavy atom. The smallest absolute Gasteiger partial charge is 0.234 e. The molecular formula is C19H25N3O2. The highest BCUT2D eigenvalue weighted by atomic mass is 16.5. The maximum atomic E-state index is 12.6. The first-order valence-corrected chi connectivity index (χ1v) is 8.05. The number of nitrogens with one attached hydrogen (secondary N) is 1. The van der Waals surface area contributed by atoms with Crippen molar-refractivity contribution in [2.45, 2.75) is 33.1 Å². The number of pyridine rings is 1. The lowest BCUT2D eigenvalue weighted by molar-refractivity contribution is -0.120. The highest BCUT2D eigenvalue weighted by Crippen LogP contribution is 2.27. The van der Waals surface area contributed by atoms with Crippen LogP contribution >= 0.6 is 0 Å². The number of hydrogen-bond acceptors (Lipinski definition) is 4. The first-order chi connectivity index (χ1) is 11.3. The zero-order valence-electron chi connectivity index (χ0n) is 14.7. The first kappa shape index (κ1) is 17.8. The van der Waals surface area contributed by atoms with Crippen molar-refractivity contribution in [3.05, 3.63) is 48.2 Å². The van der Waals surface area contributed by atoms with Crippen molar-refractivity contribution in [2.75, 3.05) is 17.7 Å². The SMILES string of the molecule is CC(C)COc1ccc(C(C)(C)C(=O)Nc2ccc(N)nc2)cc1. The Balaban J connectivity index is 2.07. The van der Waals surface area contributed by atoms with E-state index in [0.29, 0.717) is 24.0 Å². The summed E-state index contributed by atoms with van der Waals surface area (Å²) in [6.07, 6.45) is 1.55. The third kappa shape index (κ3) is 4.47. The van der Waals surface area contributed by atoms with Crippen LogP contribution in [0.3, 0.4) is 0 Å². The van der Waals surface area contributed by atoms with E-state index in [2.05, 4.69) is 24.1 Å². The summed E-state index contributed by atoms with van der Waals surface area (Å²) in [5, 5.41) is 2.87. The molecule has 0 unspecified atom stereocenters. The number of anilines is 2. The van der Waals surface area contributed by atoms with Crippen LogP contribution in [0.2, 0.25) is 0 Å². The Kier molecular flexibility index (Phi) is 5.44. The molecule has 0 aliphatic heterocycles. The van der Waals surface area contributed by atoms with E-state index < -0.39 is 5.41 Å². The van der Waals surface area contributed by atoms with Gasteiger partial charge in [0, 0.05) is 0 Å². The molecule has 0 bridgehead atoms. The zero-order chi connectivity index (χ0) is 17.7. The van der Waals surface area contributed by atoms with E-state index in [0.717, 1.165) is 11.3 Å². The molecule has 0 atom stereocenters. The summed E-state index contributed by atoms with van der Waals surface area (Å²) in [5.41, 5.74) is 6.41. The summed E-state index contributed by atoms with van der Waals surface area (Å²) in [6.45, 7) is 8.66. The number of nitrogens with zero attached hydrogens (tertiary/aromatic N) is 1. The fourth-order valence-corrected chi connectivity index (χ4v) is 2.13. The molecule has 0 saturated heterocycles. The van der Waals surface area contributed by atoms with Crippen molar-refractivity contribution >= 4 is 17.4 Å². The van der Waals surface area contributed by atoms with Crippen LogP contribution in [0.5, 0.6) is 5.75 Å². The molecule has 5 heteroatoms. The van der Waals surface area contributed by atoms with Crippen LogP contribution in [-0.2, 0) is 10.2 Å². The lowest BCUT2D eigenvalue weighted by atomic mass is 9.83. The zero-order valence-corrected chi connectivity index (χ0v) is 14.7. The topological polar surface area (TPSA) is 77.2 Å². The molecule has 1 aromatic carbocycles. The van der Waals surface area contributed by atoms with E-state index in [1.807, 2.05) is 38.1 Å². The molecule has 0 radical (unpaired) electrons. The van der Waals surface area contributed by atoms with Gasteiger partial charge in [-0.15, -0.1) is 0 Å². The molecule has 1 aromatic heterocycles. The van der Waals surface area contributed by atoms with Gasteiger partial charge in [-0.05, 0) is 49.6 Å². The molecular weight excluding hydrogens is 302 g/mol. The summed E-state index contributed by atoms with van der Waals surface area (Å²) < 4.78 is 5.68. The van der Waals surface area contributed by atoms with E-state index in [4.69, 9.17) is 10.5 Å². The normalized spacial score (nSPS) is 11.4. The van der Waals surface area contributed by atoms with Gasteiger partial charge in [0.2, 0.25) is 5.91 Å². The molecule has 0 aliphatic carbocycles. The van der Waals surface area contributed by atoms with Crippen molar-refractivity contribution in [3.8, 4) is 5.75 Å². The van der Waals surface area contributed by atoms with Crippen LogP contribution in [0.4, 0.5) is 11.5 Å². The highest BCUT2D eigenvalue weighted by molar-refractivity contribution is 5.98. The number of hydrogen-bond donors (Lipinski definition) is 2. The second-order valence-electron chi connectivity index (χ2n) is 6.78. The van der Waals surface area contributed by atoms with Gasteiger partial charge < -0.3 is 15.8 Å². The average Bonchev–Trinajstić information content (AvgIpc) is 2.55. The van der Waals surface area contributed by atoms with Gasteiger partial charge in [0.15, 0.2) is 0 Å². The lowest BCUT2D eigenvalue weighted by Gasteiger charge is -2.24. The molecule has 2 rings (SSSR count). The van der Waals surface area contributed by atoms with Gasteiger partial charge in [-0.1, -0.05) is 26.0 Å². The van der Waals surface area contributed by atoms with Crippen LogP contribution in [0.1, 0.15) is 33.3 Å². The summed E-state index contributed by atoms with van der Waals surface area (Å²) in [4.78, 5) is 16.6. The second kappa shape index (κ2) is 7.34. The van der Waals surface area contributed by atoms with Gasteiger partial charge in [-0.2, -0.15) is 0 Å². The lowest BCUT2D eigenvalue weighted by Crippen LogP contribution is -2.34. The average molecular weight is 327 g/mol. The van der Waals surface area contributed by atoms with E-state index in [-0.39, 0.29) is 5.91 Å². The van der Waals surface area contributed by atoms with Gasteiger partial charge in [-0.3, -0.25) is 4.79 Å². The minimum absolute atomic E-state index is 0.107. The van der Waals surface area contributed by atoms with Crippen LogP contribution < -0.4 is 15.8 Å². The van der Waals surface area contributed by atoms with E-state index >= 15 is 0 Å². The second-order valence-corrected chi connectivity index (χ2v) is 6.78. The molecule has 0 fully saturated rings. The number of nitrogens with two attached hydrogens (primary N) is 1. The van der Waals surface area contributed by atoms with Crippen molar-refractivity contribution in [3.63, 3.8) is 0 Å². The van der Waals surface area contributed by atoms with Crippen molar-refractivity contribution < 1.29 is 9.53 Å². The molecule has 1 heterocycles. The maximum absolute atomic E-state index is 12.6. The number of benzene rings is 1. The van der Waals surface area contributed by atoms with Crippen LogP contribution in [0.25, 0.3) is 0 Å². The fourth-order valence-electron chi connectivity index (χ4n) is 2.13. The Bertz CT molecular complexity index is 677. The number of nitrogen functional groups attached to an aromatic ring is 1. The predicted octanol–water partition coefficient (Wildman–Crippen LogP) is 3.61. The molecule has 0 spiro atoms. The number of carbonyl (C=O) groups is 1. The summed E-state index contributed by atoms with van der Waals surface area (Å²) in [5.74, 6) is 1.60. The van der Waals surface area contributed by atoms with Crippen molar-refractivity contribution in [1.82, 2.24) is 4.98 Å². The number of ether oxygens (including phenoxy) is 1. The molecule has 0 aliphatic rings. The molecule has 128 valence electrons. The van der Waals surface area contributed by atoms with Crippen LogP contribution in [0, 0.1) is 5.92 Å². The van der Waals surface area contributed by atoms with E-state index in [9.17, 15) is 4.79 Å². The van der Waals surface area contributed by atoms with E-state index in [1.165, 1.54) is 0 Å². The predicted molar refractivity (Wildman–Crippen MR) is 97.1 cm³/mol. The summed E-state index contributed by atoms with van der Waals surface area (Å²) in [7, 11) is 0. The van der Waals surface area contributed by atoms with Crippen LogP contribution in [-0.4, -0.2) is 17.5 Å². The van der Waals surface area contributed by atoms with Crippen LogP contribution in [0.15, 0.2) is 42.6 Å². The quantitative estimate of drug-likeness (QED) is 0.849. The highest BCUT2D eigenvalue weighted by Gasteiger charge is 2.29. The molecule has 5 nitrogen and oxygen atoms in total. The third-order valence-electron chi connectivity index (χ3n) is 3.77. The standard InChI is InChI=1S/C19H25N3O2/c1-13(2)12-24-16-8-5-14(6-9-16)19(3,4)18(23)22-15-7-10-17(20)21-11-15/h5-11,13H,12H2,1-4H3,(H2,20,21)(H,22,23). The molecule has 24 heavy (non-hydrogen) atoms. The third-order valence-corrected chi connectivity index (χ3v) is 3.77. The molecule has 0 saturated carbocycles. The Labute approximate surface area is 143 Å². The van der Waals surface area contributed by atoms with Crippen molar-refractivity contribution in [2.24, 2.45) is 5.92 Å². The van der Waals surface area contributed by atoms with Gasteiger partial charge in [-0.25, -0.2) is 4.98 Å². The van der Waals surface area contributed by atoms with Gasteiger partial charge >= 0.3 is 0 Å².